The summed E-state index contributed by atoms with van der Waals surface area (Å²) in [4.78, 5) is 18.7. The van der Waals surface area contributed by atoms with E-state index < -0.39 is 0 Å². The molecule has 0 unspecified atom stereocenters. The van der Waals surface area contributed by atoms with Gasteiger partial charge in [-0.1, -0.05) is 0 Å². The first kappa shape index (κ1) is 14.1. The van der Waals surface area contributed by atoms with Gasteiger partial charge >= 0.3 is 0 Å². The van der Waals surface area contributed by atoms with Gasteiger partial charge in [-0.3, -0.25) is 4.79 Å². The Labute approximate surface area is 114 Å². The predicted octanol–water partition coefficient (Wildman–Crippen LogP) is 1.58. The lowest BCUT2D eigenvalue weighted by Crippen LogP contribution is -2.34. The summed E-state index contributed by atoms with van der Waals surface area (Å²) >= 11 is 0. The SMILES string of the molecule is CC(C)n1ccnc(NCC2CCN(C)CC2)c1=O. The van der Waals surface area contributed by atoms with Crippen LogP contribution in [0.15, 0.2) is 17.2 Å². The van der Waals surface area contributed by atoms with Crippen molar-refractivity contribution in [2.75, 3.05) is 32.0 Å². The van der Waals surface area contributed by atoms with E-state index in [1.54, 1.807) is 17.0 Å². The molecule has 1 fully saturated rings. The van der Waals surface area contributed by atoms with Gasteiger partial charge in [0, 0.05) is 25.0 Å². The van der Waals surface area contributed by atoms with Crippen LogP contribution in [0.25, 0.3) is 0 Å². The van der Waals surface area contributed by atoms with Crippen molar-refractivity contribution in [1.29, 1.82) is 0 Å². The Morgan fingerprint density at radius 2 is 2.11 bits per heavy atom. The van der Waals surface area contributed by atoms with Crippen molar-refractivity contribution in [3.8, 4) is 0 Å². The van der Waals surface area contributed by atoms with Gasteiger partial charge in [-0.25, -0.2) is 4.98 Å². The number of rotatable bonds is 4. The molecule has 1 aliphatic rings. The van der Waals surface area contributed by atoms with Crippen molar-refractivity contribution in [3.63, 3.8) is 0 Å². The van der Waals surface area contributed by atoms with Crippen LogP contribution in [0.1, 0.15) is 32.7 Å². The highest BCUT2D eigenvalue weighted by atomic mass is 16.1. The van der Waals surface area contributed by atoms with E-state index in [0.717, 1.165) is 19.6 Å². The van der Waals surface area contributed by atoms with E-state index in [2.05, 4.69) is 22.2 Å². The topological polar surface area (TPSA) is 50.2 Å². The molecule has 19 heavy (non-hydrogen) atoms. The van der Waals surface area contributed by atoms with Crippen molar-refractivity contribution in [1.82, 2.24) is 14.5 Å². The van der Waals surface area contributed by atoms with Crippen LogP contribution in [-0.4, -0.2) is 41.1 Å². The molecule has 106 valence electrons. The lowest BCUT2D eigenvalue weighted by molar-refractivity contribution is 0.226. The molecule has 0 aliphatic carbocycles. The lowest BCUT2D eigenvalue weighted by Gasteiger charge is -2.29. The Hall–Kier alpha value is -1.36. The van der Waals surface area contributed by atoms with Crippen molar-refractivity contribution < 1.29 is 0 Å². The number of aromatic nitrogens is 2. The molecule has 0 bridgehead atoms. The van der Waals surface area contributed by atoms with Crippen molar-refractivity contribution in [2.24, 2.45) is 5.92 Å². The molecule has 1 aromatic rings. The van der Waals surface area contributed by atoms with Gasteiger partial charge in [0.2, 0.25) is 0 Å². The third kappa shape index (κ3) is 3.56. The van der Waals surface area contributed by atoms with Crippen molar-refractivity contribution in [3.05, 3.63) is 22.7 Å². The van der Waals surface area contributed by atoms with E-state index >= 15 is 0 Å². The molecule has 5 nitrogen and oxygen atoms in total. The summed E-state index contributed by atoms with van der Waals surface area (Å²) in [6.07, 6.45) is 5.82. The smallest absolute Gasteiger partial charge is 0.293 e. The van der Waals surface area contributed by atoms with Gasteiger partial charge in [-0.15, -0.1) is 0 Å². The zero-order valence-corrected chi connectivity index (χ0v) is 12.1. The molecule has 5 heteroatoms. The predicted molar refractivity (Wildman–Crippen MR) is 77.6 cm³/mol. The maximum absolute atomic E-state index is 12.2. The highest BCUT2D eigenvalue weighted by Gasteiger charge is 2.17. The van der Waals surface area contributed by atoms with Crippen LogP contribution in [-0.2, 0) is 0 Å². The summed E-state index contributed by atoms with van der Waals surface area (Å²) in [6.45, 7) is 7.14. The van der Waals surface area contributed by atoms with Gasteiger partial charge in [0.25, 0.3) is 5.56 Å². The van der Waals surface area contributed by atoms with Gasteiger partial charge in [-0.2, -0.15) is 0 Å². The number of nitrogens with one attached hydrogen (secondary N) is 1. The fraction of sp³-hybridized carbons (Fsp3) is 0.714. The molecule has 0 amide bonds. The van der Waals surface area contributed by atoms with E-state index in [1.807, 2.05) is 13.8 Å². The number of anilines is 1. The fourth-order valence-electron chi connectivity index (χ4n) is 2.46. The number of hydrogen-bond donors (Lipinski definition) is 1. The van der Waals surface area contributed by atoms with Gasteiger partial charge in [-0.05, 0) is 52.7 Å². The first-order valence-corrected chi connectivity index (χ1v) is 7.07. The van der Waals surface area contributed by atoms with E-state index in [-0.39, 0.29) is 11.6 Å². The van der Waals surface area contributed by atoms with Crippen LogP contribution in [0.5, 0.6) is 0 Å². The highest BCUT2D eigenvalue weighted by molar-refractivity contribution is 5.30. The Kier molecular flexibility index (Phi) is 4.58. The highest BCUT2D eigenvalue weighted by Crippen LogP contribution is 2.15. The number of nitrogens with zero attached hydrogens (tertiary/aromatic N) is 3. The monoisotopic (exact) mass is 264 g/mol. The average Bonchev–Trinajstić information content (AvgIpc) is 2.39. The Morgan fingerprint density at radius 3 is 2.74 bits per heavy atom. The molecule has 2 rings (SSSR count). The molecule has 1 saturated heterocycles. The van der Waals surface area contributed by atoms with Crippen LogP contribution in [0.3, 0.4) is 0 Å². The quantitative estimate of drug-likeness (QED) is 0.897. The molecular formula is C14H24N4O. The van der Waals surface area contributed by atoms with E-state index in [1.165, 1.54) is 12.8 Å². The fourth-order valence-corrected chi connectivity index (χ4v) is 2.46. The third-order valence-corrected chi connectivity index (χ3v) is 3.82. The average molecular weight is 264 g/mol. The van der Waals surface area contributed by atoms with E-state index in [0.29, 0.717) is 11.7 Å². The summed E-state index contributed by atoms with van der Waals surface area (Å²) in [6, 6.07) is 0.166. The number of piperidine rings is 1. The zero-order valence-electron chi connectivity index (χ0n) is 12.1. The molecule has 1 aliphatic heterocycles. The summed E-state index contributed by atoms with van der Waals surface area (Å²) in [5.74, 6) is 1.13. The van der Waals surface area contributed by atoms with Crippen LogP contribution in [0.2, 0.25) is 0 Å². The van der Waals surface area contributed by atoms with Gasteiger partial charge in [0.15, 0.2) is 5.82 Å². The zero-order chi connectivity index (χ0) is 13.8. The van der Waals surface area contributed by atoms with Gasteiger partial charge in [0.1, 0.15) is 0 Å². The molecule has 1 aromatic heterocycles. The first-order valence-electron chi connectivity index (χ1n) is 7.07. The summed E-state index contributed by atoms with van der Waals surface area (Å²) < 4.78 is 1.71. The summed E-state index contributed by atoms with van der Waals surface area (Å²) in [5, 5.41) is 3.23. The molecule has 1 N–H and O–H groups in total. The Morgan fingerprint density at radius 1 is 1.42 bits per heavy atom. The second-order valence-corrected chi connectivity index (χ2v) is 5.71. The number of likely N-dealkylation sites (tertiary alicyclic amines) is 1. The van der Waals surface area contributed by atoms with E-state index in [4.69, 9.17) is 0 Å². The minimum atomic E-state index is -0.0228. The van der Waals surface area contributed by atoms with Crippen LogP contribution >= 0.6 is 0 Å². The largest absolute Gasteiger partial charge is 0.365 e. The molecule has 0 aromatic carbocycles. The second kappa shape index (κ2) is 6.19. The second-order valence-electron chi connectivity index (χ2n) is 5.71. The molecule has 2 heterocycles. The molecule has 0 spiro atoms. The molecule has 0 atom stereocenters. The lowest BCUT2D eigenvalue weighted by atomic mass is 9.97. The summed E-state index contributed by atoms with van der Waals surface area (Å²) in [5.41, 5.74) is -0.0228. The Balaban J connectivity index is 1.96. The first-order chi connectivity index (χ1) is 9.08. The van der Waals surface area contributed by atoms with Crippen LogP contribution < -0.4 is 10.9 Å². The maximum atomic E-state index is 12.2. The maximum Gasteiger partial charge on any atom is 0.293 e. The van der Waals surface area contributed by atoms with Crippen molar-refractivity contribution >= 4 is 5.82 Å². The molecule has 0 radical (unpaired) electrons. The van der Waals surface area contributed by atoms with Crippen LogP contribution in [0, 0.1) is 5.92 Å². The minimum absolute atomic E-state index is 0.0228. The van der Waals surface area contributed by atoms with E-state index in [9.17, 15) is 4.79 Å². The van der Waals surface area contributed by atoms with Crippen LogP contribution in [0.4, 0.5) is 5.82 Å². The normalized spacial score (nSPS) is 17.9. The summed E-state index contributed by atoms with van der Waals surface area (Å²) in [7, 11) is 2.16. The number of hydrogen-bond acceptors (Lipinski definition) is 4. The van der Waals surface area contributed by atoms with Gasteiger partial charge in [0.05, 0.1) is 0 Å². The minimum Gasteiger partial charge on any atom is -0.365 e. The van der Waals surface area contributed by atoms with Crippen molar-refractivity contribution in [2.45, 2.75) is 32.7 Å². The van der Waals surface area contributed by atoms with Gasteiger partial charge < -0.3 is 14.8 Å². The molecular weight excluding hydrogens is 240 g/mol. The standard InChI is InChI=1S/C14H24N4O/c1-11(2)18-9-6-15-13(14(18)19)16-10-12-4-7-17(3)8-5-12/h6,9,11-12H,4-5,7-8,10H2,1-3H3,(H,15,16). The third-order valence-electron chi connectivity index (χ3n) is 3.82. The molecule has 0 saturated carbocycles. The Bertz CT molecular complexity index is 461.